The van der Waals surface area contributed by atoms with Gasteiger partial charge < -0.3 is 25.4 Å². The van der Waals surface area contributed by atoms with E-state index in [1.165, 1.54) is 16.4 Å². The molecule has 0 saturated heterocycles. The molecule has 35 heavy (non-hydrogen) atoms. The van der Waals surface area contributed by atoms with Crippen molar-refractivity contribution in [2.75, 3.05) is 24.8 Å². The molecule has 1 unspecified atom stereocenters. The molecule has 186 valence electrons. The summed E-state index contributed by atoms with van der Waals surface area (Å²) in [5.41, 5.74) is 3.20. The lowest BCUT2D eigenvalue weighted by molar-refractivity contribution is -0.119. The van der Waals surface area contributed by atoms with E-state index in [9.17, 15) is 4.79 Å². The molecule has 0 radical (unpaired) electrons. The van der Waals surface area contributed by atoms with Crippen LogP contribution in [0.5, 0.6) is 17.2 Å². The van der Waals surface area contributed by atoms with Gasteiger partial charge in [0.25, 0.3) is 0 Å². The summed E-state index contributed by atoms with van der Waals surface area (Å²) in [5, 5.41) is 11.8. The zero-order valence-electron chi connectivity index (χ0n) is 20.4. The number of hydrogen-bond donors (Lipinski definition) is 2. The molecule has 0 aliphatic carbocycles. The molecular weight excluding hydrogens is 466 g/mol. The number of carbonyl (C=O) groups is 1. The second-order valence-electron chi connectivity index (χ2n) is 8.86. The van der Waals surface area contributed by atoms with Crippen LogP contribution >= 0.6 is 11.8 Å². The number of rotatable bonds is 9. The minimum Gasteiger partial charge on any atom is -0.486 e. The normalized spacial score (nSPS) is 13.5. The number of aryl methyl sites for hydroxylation is 2. The first-order valence-electron chi connectivity index (χ1n) is 11.5. The molecule has 1 amide bonds. The van der Waals surface area contributed by atoms with E-state index in [2.05, 4.69) is 35.4 Å². The molecule has 0 saturated carbocycles. The van der Waals surface area contributed by atoms with E-state index in [0.717, 1.165) is 28.2 Å². The van der Waals surface area contributed by atoms with Crippen LogP contribution < -0.4 is 25.4 Å². The fourth-order valence-electron chi connectivity index (χ4n) is 3.90. The molecule has 0 fully saturated rings. The molecule has 10 heteroatoms. The van der Waals surface area contributed by atoms with Crippen LogP contribution in [0.25, 0.3) is 0 Å². The SMILES string of the molecule is Cc1cc(C)cc(OCc2nnc(SCC(=O)NC(c3ccc4c(c3)OCCO4)C(C)C)n2N)c1. The number of nitrogen functional groups attached to an aromatic ring is 1. The standard InChI is InChI=1S/C25H31N5O4S/c1-15(2)24(18-5-6-20-21(12-18)33-8-7-32-20)27-23(31)14-35-25-29-28-22(30(25)26)13-34-19-10-16(3)9-17(4)11-19/h5-6,9-12,15,24H,7-8,13-14,26H2,1-4H3,(H,27,31). The number of carbonyl (C=O) groups excluding carboxylic acids is 1. The first kappa shape index (κ1) is 24.7. The van der Waals surface area contributed by atoms with Gasteiger partial charge in [-0.05, 0) is 60.7 Å². The summed E-state index contributed by atoms with van der Waals surface area (Å²) in [6.45, 7) is 9.40. The lowest BCUT2D eigenvalue weighted by atomic mass is 9.95. The van der Waals surface area contributed by atoms with Gasteiger partial charge in [-0.1, -0.05) is 37.7 Å². The van der Waals surface area contributed by atoms with E-state index < -0.39 is 0 Å². The number of aromatic nitrogens is 3. The van der Waals surface area contributed by atoms with Crippen LogP contribution in [0.3, 0.4) is 0 Å². The predicted molar refractivity (Wildman–Crippen MR) is 134 cm³/mol. The Kier molecular flexibility index (Phi) is 7.70. The highest BCUT2D eigenvalue weighted by atomic mass is 32.2. The zero-order valence-corrected chi connectivity index (χ0v) is 21.2. The van der Waals surface area contributed by atoms with Gasteiger partial charge >= 0.3 is 0 Å². The van der Waals surface area contributed by atoms with Crippen molar-refractivity contribution in [1.29, 1.82) is 0 Å². The van der Waals surface area contributed by atoms with Crippen molar-refractivity contribution >= 4 is 17.7 Å². The summed E-state index contributed by atoms with van der Waals surface area (Å²) in [7, 11) is 0. The van der Waals surface area contributed by atoms with E-state index in [1.807, 2.05) is 44.2 Å². The highest BCUT2D eigenvalue weighted by molar-refractivity contribution is 7.99. The topological polar surface area (TPSA) is 114 Å². The highest BCUT2D eigenvalue weighted by Gasteiger charge is 2.22. The summed E-state index contributed by atoms with van der Waals surface area (Å²) in [5.74, 6) is 9.01. The van der Waals surface area contributed by atoms with Gasteiger partial charge in [-0.15, -0.1) is 10.2 Å². The number of amides is 1. The zero-order chi connectivity index (χ0) is 24.9. The molecule has 0 bridgehead atoms. The van der Waals surface area contributed by atoms with Crippen molar-refractivity contribution < 1.29 is 19.0 Å². The Hall–Kier alpha value is -3.40. The molecule has 0 spiro atoms. The average molecular weight is 498 g/mol. The van der Waals surface area contributed by atoms with Crippen molar-refractivity contribution in [1.82, 2.24) is 20.2 Å². The van der Waals surface area contributed by atoms with Crippen LogP contribution in [0.2, 0.25) is 0 Å². The van der Waals surface area contributed by atoms with Gasteiger partial charge in [0.1, 0.15) is 25.6 Å². The van der Waals surface area contributed by atoms with Crippen molar-refractivity contribution in [2.24, 2.45) is 5.92 Å². The molecule has 2 aromatic carbocycles. The van der Waals surface area contributed by atoms with Gasteiger partial charge in [-0.3, -0.25) is 4.79 Å². The first-order valence-corrected chi connectivity index (χ1v) is 12.5. The molecule has 1 aliphatic heterocycles. The Morgan fingerprint density at radius 2 is 1.83 bits per heavy atom. The summed E-state index contributed by atoms with van der Waals surface area (Å²) in [4.78, 5) is 12.8. The Morgan fingerprint density at radius 1 is 1.11 bits per heavy atom. The average Bonchev–Trinajstić information content (AvgIpc) is 3.18. The molecule has 3 N–H and O–H groups in total. The minimum absolute atomic E-state index is 0.125. The van der Waals surface area contributed by atoms with Crippen LogP contribution in [0.4, 0.5) is 0 Å². The van der Waals surface area contributed by atoms with E-state index in [4.69, 9.17) is 20.1 Å². The lowest BCUT2D eigenvalue weighted by Gasteiger charge is -2.25. The fourth-order valence-corrected chi connectivity index (χ4v) is 4.59. The van der Waals surface area contributed by atoms with Crippen LogP contribution in [0.15, 0.2) is 41.6 Å². The van der Waals surface area contributed by atoms with Crippen LogP contribution in [-0.4, -0.2) is 39.7 Å². The Bertz CT molecular complexity index is 1180. The molecule has 3 aromatic rings. The molecule has 2 heterocycles. The maximum Gasteiger partial charge on any atom is 0.230 e. The monoisotopic (exact) mass is 497 g/mol. The van der Waals surface area contributed by atoms with Crippen molar-refractivity contribution in [2.45, 2.75) is 45.5 Å². The van der Waals surface area contributed by atoms with Crippen LogP contribution in [-0.2, 0) is 11.4 Å². The first-order chi connectivity index (χ1) is 16.8. The number of thioether (sulfide) groups is 1. The van der Waals surface area contributed by atoms with Gasteiger partial charge in [-0.2, -0.15) is 0 Å². The number of nitrogens with zero attached hydrogens (tertiary/aromatic N) is 3. The van der Waals surface area contributed by atoms with Gasteiger partial charge in [0.2, 0.25) is 11.1 Å². The van der Waals surface area contributed by atoms with Crippen LogP contribution in [0, 0.1) is 19.8 Å². The number of nitrogens with two attached hydrogens (primary N) is 1. The smallest absolute Gasteiger partial charge is 0.230 e. The van der Waals surface area contributed by atoms with Gasteiger partial charge in [0.05, 0.1) is 11.8 Å². The molecular formula is C25H31N5O4S. The number of ether oxygens (including phenoxy) is 3. The Labute approximate surface area is 209 Å². The van der Waals surface area contributed by atoms with E-state index in [-0.39, 0.29) is 30.2 Å². The molecule has 1 aliphatic rings. The summed E-state index contributed by atoms with van der Waals surface area (Å²) < 4.78 is 18.5. The quantitative estimate of drug-likeness (QED) is 0.341. The van der Waals surface area contributed by atoms with Crippen molar-refractivity contribution in [3.8, 4) is 17.2 Å². The predicted octanol–water partition coefficient (Wildman–Crippen LogP) is 3.56. The minimum atomic E-state index is -0.170. The third-order valence-electron chi connectivity index (χ3n) is 5.54. The van der Waals surface area contributed by atoms with Gasteiger partial charge in [0, 0.05) is 0 Å². The third kappa shape index (κ3) is 6.19. The summed E-state index contributed by atoms with van der Waals surface area (Å²) in [6, 6.07) is 11.6. The number of hydrogen-bond acceptors (Lipinski definition) is 8. The Morgan fingerprint density at radius 3 is 2.54 bits per heavy atom. The van der Waals surface area contributed by atoms with Gasteiger partial charge in [-0.25, -0.2) is 4.68 Å². The molecule has 9 nitrogen and oxygen atoms in total. The second kappa shape index (κ2) is 10.9. The number of nitrogens with one attached hydrogen (secondary N) is 1. The second-order valence-corrected chi connectivity index (χ2v) is 9.80. The maximum atomic E-state index is 12.8. The van der Waals surface area contributed by atoms with Crippen molar-refractivity contribution in [3.63, 3.8) is 0 Å². The maximum absolute atomic E-state index is 12.8. The molecule has 1 aromatic heterocycles. The van der Waals surface area contributed by atoms with E-state index in [1.54, 1.807) is 0 Å². The lowest BCUT2D eigenvalue weighted by Crippen LogP contribution is -2.33. The fraction of sp³-hybridized carbons (Fsp3) is 0.400. The van der Waals surface area contributed by atoms with Crippen molar-refractivity contribution in [3.05, 3.63) is 58.9 Å². The summed E-state index contributed by atoms with van der Waals surface area (Å²) >= 11 is 1.23. The van der Waals surface area contributed by atoms with E-state index >= 15 is 0 Å². The number of fused-ring (bicyclic) bond motifs is 1. The number of benzene rings is 2. The largest absolute Gasteiger partial charge is 0.486 e. The third-order valence-corrected chi connectivity index (χ3v) is 6.48. The Balaban J connectivity index is 1.34. The summed E-state index contributed by atoms with van der Waals surface area (Å²) in [6.07, 6.45) is 0. The highest BCUT2D eigenvalue weighted by Crippen LogP contribution is 2.34. The van der Waals surface area contributed by atoms with Crippen LogP contribution in [0.1, 0.15) is 42.4 Å². The molecule has 1 atom stereocenters. The van der Waals surface area contributed by atoms with E-state index in [0.29, 0.717) is 29.9 Å². The molecule has 4 rings (SSSR count). The van der Waals surface area contributed by atoms with Gasteiger partial charge in [0.15, 0.2) is 17.3 Å².